The SMILES string of the molecule is CNCC(F)(F)c1ccc(-c2c(C)nc(C)c3[nH]c(=O)c4sccc4c23)cc1. The number of pyridine rings is 2. The summed E-state index contributed by atoms with van der Waals surface area (Å²) in [6.07, 6.45) is 0. The third kappa shape index (κ3) is 2.91. The van der Waals surface area contributed by atoms with Gasteiger partial charge in [0, 0.05) is 27.6 Å². The van der Waals surface area contributed by atoms with Gasteiger partial charge < -0.3 is 10.3 Å². The summed E-state index contributed by atoms with van der Waals surface area (Å²) in [6, 6.07) is 8.22. The van der Waals surface area contributed by atoms with Crippen molar-refractivity contribution in [3.63, 3.8) is 0 Å². The molecule has 0 aliphatic rings. The molecule has 1 aromatic carbocycles. The van der Waals surface area contributed by atoms with Gasteiger partial charge in [0.15, 0.2) is 0 Å². The summed E-state index contributed by atoms with van der Waals surface area (Å²) in [5, 5.41) is 6.16. The van der Waals surface area contributed by atoms with Crippen molar-refractivity contribution in [1.82, 2.24) is 15.3 Å². The van der Waals surface area contributed by atoms with Crippen LogP contribution in [0, 0.1) is 13.8 Å². The molecule has 0 aliphatic carbocycles. The normalized spacial score (nSPS) is 12.2. The van der Waals surface area contributed by atoms with Gasteiger partial charge in [-0.1, -0.05) is 24.3 Å². The minimum atomic E-state index is -2.94. The van der Waals surface area contributed by atoms with Gasteiger partial charge in [-0.2, -0.15) is 8.78 Å². The zero-order valence-electron chi connectivity index (χ0n) is 15.7. The van der Waals surface area contributed by atoms with E-state index in [1.807, 2.05) is 25.3 Å². The maximum absolute atomic E-state index is 14.2. The monoisotopic (exact) mass is 399 g/mol. The van der Waals surface area contributed by atoms with E-state index in [1.54, 1.807) is 12.1 Å². The summed E-state index contributed by atoms with van der Waals surface area (Å²) in [5.41, 5.74) is 3.67. The van der Waals surface area contributed by atoms with Gasteiger partial charge >= 0.3 is 0 Å². The smallest absolute Gasteiger partial charge is 0.285 e. The number of aromatic amines is 1. The number of hydrogen-bond acceptors (Lipinski definition) is 4. The average molecular weight is 399 g/mol. The molecule has 0 atom stereocenters. The van der Waals surface area contributed by atoms with Crippen LogP contribution in [0.15, 0.2) is 40.5 Å². The Balaban J connectivity index is 1.99. The van der Waals surface area contributed by atoms with Gasteiger partial charge in [-0.15, -0.1) is 11.3 Å². The van der Waals surface area contributed by atoms with Crippen LogP contribution in [-0.2, 0) is 5.92 Å². The number of aromatic nitrogens is 2. The lowest BCUT2D eigenvalue weighted by Gasteiger charge is -2.17. The second-order valence-corrected chi connectivity index (χ2v) is 7.75. The van der Waals surface area contributed by atoms with Crippen LogP contribution < -0.4 is 10.9 Å². The lowest BCUT2D eigenvalue weighted by Crippen LogP contribution is -2.27. The third-order valence-electron chi connectivity index (χ3n) is 4.93. The molecule has 0 bridgehead atoms. The largest absolute Gasteiger partial charge is 0.319 e. The number of nitrogens with zero attached hydrogens (tertiary/aromatic N) is 1. The first-order valence-corrected chi connectivity index (χ1v) is 9.75. The molecule has 4 rings (SSSR count). The molecular formula is C21H19F2N3OS. The van der Waals surface area contributed by atoms with Crippen LogP contribution in [0.5, 0.6) is 0 Å². The molecule has 0 saturated heterocycles. The number of likely N-dealkylation sites (N-methyl/N-ethyl adjacent to an activating group) is 1. The number of thiophene rings is 1. The van der Waals surface area contributed by atoms with Gasteiger partial charge in [-0.25, -0.2) is 0 Å². The molecule has 0 spiro atoms. The van der Waals surface area contributed by atoms with E-state index >= 15 is 0 Å². The van der Waals surface area contributed by atoms with E-state index in [0.717, 1.165) is 33.3 Å². The minimum absolute atomic E-state index is 0.0401. The van der Waals surface area contributed by atoms with E-state index in [0.29, 0.717) is 10.2 Å². The van der Waals surface area contributed by atoms with Crippen molar-refractivity contribution < 1.29 is 8.78 Å². The summed E-state index contributed by atoms with van der Waals surface area (Å²) in [7, 11) is 1.50. The van der Waals surface area contributed by atoms with Crippen LogP contribution in [0.3, 0.4) is 0 Å². The second-order valence-electron chi connectivity index (χ2n) is 6.84. The molecule has 4 aromatic rings. The number of aryl methyl sites for hydroxylation is 2. The van der Waals surface area contributed by atoms with Crippen LogP contribution in [0.25, 0.3) is 32.1 Å². The van der Waals surface area contributed by atoms with Crippen molar-refractivity contribution in [2.24, 2.45) is 0 Å². The molecule has 0 unspecified atom stereocenters. The fourth-order valence-electron chi connectivity index (χ4n) is 3.68. The first-order chi connectivity index (χ1) is 13.3. The Morgan fingerprint density at radius 3 is 2.54 bits per heavy atom. The molecule has 0 saturated carbocycles. The van der Waals surface area contributed by atoms with E-state index in [9.17, 15) is 13.6 Å². The fourth-order valence-corrected chi connectivity index (χ4v) is 4.48. The highest BCUT2D eigenvalue weighted by molar-refractivity contribution is 7.17. The summed E-state index contributed by atoms with van der Waals surface area (Å²) >= 11 is 1.39. The molecule has 28 heavy (non-hydrogen) atoms. The van der Waals surface area contributed by atoms with Crippen LogP contribution in [-0.4, -0.2) is 23.6 Å². The Hall–Kier alpha value is -2.64. The standard InChI is InChI=1S/C21H19F2N3OS/c1-11-16(13-4-6-14(7-5-13)21(22,23)10-24-3)17-15-8-9-28-19(15)20(27)26-18(17)12(2)25-11/h4-9,24H,10H2,1-3H3,(H,26,27). The lowest BCUT2D eigenvalue weighted by atomic mass is 9.95. The second kappa shape index (κ2) is 6.76. The Bertz CT molecular complexity index is 1240. The first-order valence-electron chi connectivity index (χ1n) is 8.87. The molecule has 7 heteroatoms. The van der Waals surface area contributed by atoms with Gasteiger partial charge in [-0.3, -0.25) is 9.78 Å². The third-order valence-corrected chi connectivity index (χ3v) is 5.85. The Labute approximate surface area is 164 Å². The van der Waals surface area contributed by atoms with Crippen molar-refractivity contribution in [2.75, 3.05) is 13.6 Å². The van der Waals surface area contributed by atoms with E-state index < -0.39 is 12.5 Å². The van der Waals surface area contributed by atoms with E-state index in [-0.39, 0.29) is 11.1 Å². The number of fused-ring (bicyclic) bond motifs is 3. The van der Waals surface area contributed by atoms with E-state index in [1.165, 1.54) is 30.5 Å². The zero-order valence-corrected chi connectivity index (χ0v) is 16.5. The Morgan fingerprint density at radius 2 is 1.86 bits per heavy atom. The number of H-pyrrole nitrogens is 1. The number of halogens is 2. The van der Waals surface area contributed by atoms with Crippen LogP contribution >= 0.6 is 11.3 Å². The maximum atomic E-state index is 14.2. The van der Waals surface area contributed by atoms with Gasteiger partial charge in [0.05, 0.1) is 17.8 Å². The van der Waals surface area contributed by atoms with Gasteiger partial charge in [0.25, 0.3) is 11.5 Å². The van der Waals surface area contributed by atoms with E-state index in [2.05, 4.69) is 15.3 Å². The van der Waals surface area contributed by atoms with Gasteiger partial charge in [-0.05, 0) is 37.9 Å². The molecule has 2 N–H and O–H groups in total. The topological polar surface area (TPSA) is 57.8 Å². The van der Waals surface area contributed by atoms with Gasteiger partial charge in [0.1, 0.15) is 4.70 Å². The molecule has 0 radical (unpaired) electrons. The molecule has 0 fully saturated rings. The van der Waals surface area contributed by atoms with Crippen molar-refractivity contribution in [2.45, 2.75) is 19.8 Å². The lowest BCUT2D eigenvalue weighted by molar-refractivity contribution is -0.00123. The zero-order chi connectivity index (χ0) is 20.1. The summed E-state index contributed by atoms with van der Waals surface area (Å²) < 4.78 is 29.0. The average Bonchev–Trinajstić information content (AvgIpc) is 3.14. The predicted molar refractivity (Wildman–Crippen MR) is 110 cm³/mol. The van der Waals surface area contributed by atoms with E-state index in [4.69, 9.17) is 0 Å². The molecule has 3 aromatic heterocycles. The van der Waals surface area contributed by atoms with Gasteiger partial charge in [0.2, 0.25) is 0 Å². The van der Waals surface area contributed by atoms with Crippen molar-refractivity contribution in [1.29, 1.82) is 0 Å². The van der Waals surface area contributed by atoms with Crippen molar-refractivity contribution in [3.8, 4) is 11.1 Å². The molecule has 4 nitrogen and oxygen atoms in total. The molecule has 0 amide bonds. The van der Waals surface area contributed by atoms with Crippen molar-refractivity contribution >= 4 is 32.3 Å². The highest BCUT2D eigenvalue weighted by Gasteiger charge is 2.30. The number of hydrogen-bond donors (Lipinski definition) is 2. The number of alkyl halides is 2. The van der Waals surface area contributed by atoms with Crippen molar-refractivity contribution in [3.05, 3.63) is 63.0 Å². The van der Waals surface area contributed by atoms with Crippen LogP contribution in [0.1, 0.15) is 17.0 Å². The summed E-state index contributed by atoms with van der Waals surface area (Å²) in [5.74, 6) is -2.94. The number of rotatable bonds is 4. The van der Waals surface area contributed by atoms with Crippen LogP contribution in [0.2, 0.25) is 0 Å². The first kappa shape index (κ1) is 18.7. The van der Waals surface area contributed by atoms with Crippen LogP contribution in [0.4, 0.5) is 8.78 Å². The molecule has 0 aliphatic heterocycles. The number of nitrogens with one attached hydrogen (secondary N) is 2. The minimum Gasteiger partial charge on any atom is -0.319 e. The fraction of sp³-hybridized carbons (Fsp3) is 0.238. The summed E-state index contributed by atoms with van der Waals surface area (Å²) in [4.78, 5) is 19.9. The Morgan fingerprint density at radius 1 is 1.14 bits per heavy atom. The maximum Gasteiger partial charge on any atom is 0.285 e. The summed E-state index contributed by atoms with van der Waals surface area (Å²) in [6.45, 7) is 3.33. The predicted octanol–water partition coefficient (Wildman–Crippen LogP) is 4.73. The highest BCUT2D eigenvalue weighted by atomic mass is 32.1. The molecule has 3 heterocycles. The molecule has 144 valence electrons. The Kier molecular flexibility index (Phi) is 4.51. The molecular weight excluding hydrogens is 380 g/mol. The quantitative estimate of drug-likeness (QED) is 0.521. The number of benzene rings is 1. The highest BCUT2D eigenvalue weighted by Crippen LogP contribution is 2.37.